The number of benzene rings is 3. The molecule has 0 aliphatic rings. The molecule has 174 valence electrons. The van der Waals surface area contributed by atoms with Gasteiger partial charge in [-0.25, -0.2) is 0 Å². The van der Waals surface area contributed by atoms with Crippen molar-refractivity contribution in [1.82, 2.24) is 9.88 Å². The van der Waals surface area contributed by atoms with Crippen molar-refractivity contribution in [2.75, 3.05) is 17.6 Å². The minimum Gasteiger partial charge on any atom is -0.350 e. The predicted octanol–water partition coefficient (Wildman–Crippen LogP) is 6.07. The van der Waals surface area contributed by atoms with Crippen molar-refractivity contribution in [3.8, 4) is 0 Å². The van der Waals surface area contributed by atoms with Gasteiger partial charge in [-0.3, -0.25) is 9.59 Å². The molecule has 0 radical (unpaired) electrons. The van der Waals surface area contributed by atoms with Crippen LogP contribution in [0.5, 0.6) is 0 Å². The normalized spacial score (nSPS) is 10.9. The monoisotopic (exact) mass is 491 g/mol. The largest absolute Gasteiger partial charge is 0.350 e. The lowest BCUT2D eigenvalue weighted by Gasteiger charge is -2.09. The summed E-state index contributed by atoms with van der Waals surface area (Å²) in [4.78, 5) is 26.0. The maximum absolute atomic E-state index is 12.6. The van der Waals surface area contributed by atoms with E-state index in [-0.39, 0.29) is 17.6 Å². The highest BCUT2D eigenvalue weighted by atomic mass is 35.5. The van der Waals surface area contributed by atoms with Gasteiger partial charge < -0.3 is 15.2 Å². The average Bonchev–Trinajstić information content (AvgIpc) is 3.15. The van der Waals surface area contributed by atoms with Crippen molar-refractivity contribution in [2.24, 2.45) is 0 Å². The molecule has 0 spiro atoms. The van der Waals surface area contributed by atoms with E-state index in [1.807, 2.05) is 50.4 Å². The summed E-state index contributed by atoms with van der Waals surface area (Å²) in [6.07, 6.45) is 2.05. The summed E-state index contributed by atoms with van der Waals surface area (Å²) in [6, 6.07) is 21.0. The summed E-state index contributed by atoms with van der Waals surface area (Å²) in [6.45, 7) is 5.12. The summed E-state index contributed by atoms with van der Waals surface area (Å²) in [5.41, 5.74) is 4.57. The maximum atomic E-state index is 12.6. The van der Waals surface area contributed by atoms with Crippen LogP contribution < -0.4 is 10.6 Å². The number of hydrogen-bond acceptors (Lipinski definition) is 3. The number of thioether (sulfide) groups is 1. The van der Waals surface area contributed by atoms with E-state index < -0.39 is 0 Å². The van der Waals surface area contributed by atoms with Gasteiger partial charge >= 0.3 is 0 Å². The van der Waals surface area contributed by atoms with Gasteiger partial charge in [-0.05, 0) is 50.2 Å². The number of halogens is 1. The van der Waals surface area contributed by atoms with Gasteiger partial charge in [0.05, 0.1) is 5.75 Å². The first kappa shape index (κ1) is 23.9. The van der Waals surface area contributed by atoms with Crippen molar-refractivity contribution >= 4 is 51.8 Å². The average molecular weight is 492 g/mol. The first-order valence-corrected chi connectivity index (χ1v) is 12.4. The van der Waals surface area contributed by atoms with Crippen LogP contribution >= 0.6 is 23.4 Å². The Balaban J connectivity index is 1.39. The summed E-state index contributed by atoms with van der Waals surface area (Å²) in [5.74, 6) is 0.115. The lowest BCUT2D eigenvalue weighted by Crippen LogP contribution is -2.27. The van der Waals surface area contributed by atoms with Gasteiger partial charge in [0, 0.05) is 51.4 Å². The molecule has 7 heteroatoms. The van der Waals surface area contributed by atoms with Crippen LogP contribution in [-0.4, -0.2) is 28.7 Å². The molecule has 2 N–H and O–H groups in total. The number of aromatic nitrogens is 1. The molecule has 0 aliphatic heterocycles. The van der Waals surface area contributed by atoms with Gasteiger partial charge in [0.25, 0.3) is 5.91 Å². The molecule has 0 aliphatic carbocycles. The quantitative estimate of drug-likeness (QED) is 0.294. The summed E-state index contributed by atoms with van der Waals surface area (Å²) < 4.78 is 2.12. The molecule has 0 saturated carbocycles. The zero-order chi connectivity index (χ0) is 24.1. The number of carbonyl (C=O) groups is 2. The van der Waals surface area contributed by atoms with Crippen LogP contribution in [0.2, 0.25) is 5.02 Å². The second kappa shape index (κ2) is 10.8. The number of amides is 2. The molecule has 0 bridgehead atoms. The molecule has 1 aromatic heterocycles. The Morgan fingerprint density at radius 1 is 0.971 bits per heavy atom. The topological polar surface area (TPSA) is 63.1 Å². The molecule has 5 nitrogen and oxygen atoms in total. The Labute approximate surface area is 208 Å². The number of rotatable bonds is 8. The zero-order valence-corrected chi connectivity index (χ0v) is 20.7. The fourth-order valence-corrected chi connectivity index (χ4v) is 5.00. The van der Waals surface area contributed by atoms with Crippen LogP contribution in [0.4, 0.5) is 5.69 Å². The van der Waals surface area contributed by atoms with E-state index >= 15 is 0 Å². The van der Waals surface area contributed by atoms with E-state index in [1.54, 1.807) is 18.2 Å². The van der Waals surface area contributed by atoms with Crippen molar-refractivity contribution < 1.29 is 9.59 Å². The summed E-state index contributed by atoms with van der Waals surface area (Å²) >= 11 is 7.48. The van der Waals surface area contributed by atoms with Gasteiger partial charge in [-0.15, -0.1) is 11.8 Å². The maximum Gasteiger partial charge on any atom is 0.251 e. The Bertz CT molecular complexity index is 1330. The summed E-state index contributed by atoms with van der Waals surface area (Å²) in [5, 5.41) is 7.56. The number of para-hydroxylation sites is 1. The van der Waals surface area contributed by atoms with Gasteiger partial charge in [-0.1, -0.05) is 53.1 Å². The first-order chi connectivity index (χ1) is 16.4. The standard InChI is InChI=1S/C27H26ClN3O2S/c1-18-12-19(2)14-20(13-18)27(33)29-10-11-31-16-25(23-8-3-4-9-24(23)31)34-17-26(32)30-22-7-5-6-21(28)15-22/h3-9,12-16H,10-11,17H2,1-2H3,(H,29,33)(H,30,32). The van der Waals surface area contributed by atoms with Gasteiger partial charge in [0.2, 0.25) is 5.91 Å². The van der Waals surface area contributed by atoms with Crippen LogP contribution in [0, 0.1) is 13.8 Å². The van der Waals surface area contributed by atoms with E-state index in [2.05, 4.69) is 33.4 Å². The molecule has 0 saturated heterocycles. The van der Waals surface area contributed by atoms with Gasteiger partial charge in [-0.2, -0.15) is 0 Å². The van der Waals surface area contributed by atoms with Crippen molar-refractivity contribution in [3.05, 3.63) is 94.6 Å². The molecule has 1 heterocycles. The zero-order valence-electron chi connectivity index (χ0n) is 19.1. The van der Waals surface area contributed by atoms with E-state index in [0.717, 1.165) is 26.9 Å². The summed E-state index contributed by atoms with van der Waals surface area (Å²) in [7, 11) is 0. The number of aryl methyl sites for hydroxylation is 2. The minimum absolute atomic E-state index is 0.0736. The van der Waals surface area contributed by atoms with Crippen LogP contribution in [0.1, 0.15) is 21.5 Å². The Morgan fingerprint density at radius 3 is 2.50 bits per heavy atom. The fraction of sp³-hybridized carbons (Fsp3) is 0.185. The van der Waals surface area contributed by atoms with Crippen molar-refractivity contribution in [3.63, 3.8) is 0 Å². The van der Waals surface area contributed by atoms with E-state index in [1.165, 1.54) is 11.8 Å². The Morgan fingerprint density at radius 2 is 1.74 bits per heavy atom. The Hall–Kier alpha value is -3.22. The second-order valence-electron chi connectivity index (χ2n) is 8.18. The number of nitrogens with zero attached hydrogens (tertiary/aromatic N) is 1. The van der Waals surface area contributed by atoms with Crippen LogP contribution in [0.15, 0.2) is 77.8 Å². The van der Waals surface area contributed by atoms with Gasteiger partial charge in [0.1, 0.15) is 0 Å². The molecule has 2 amide bonds. The third-order valence-electron chi connectivity index (χ3n) is 5.34. The Kier molecular flexibility index (Phi) is 7.60. The molecule has 0 fully saturated rings. The third kappa shape index (κ3) is 6.01. The number of fused-ring (bicyclic) bond motifs is 1. The van der Waals surface area contributed by atoms with Crippen molar-refractivity contribution in [2.45, 2.75) is 25.3 Å². The van der Waals surface area contributed by atoms with Gasteiger partial charge in [0.15, 0.2) is 0 Å². The molecule has 34 heavy (non-hydrogen) atoms. The number of nitrogens with one attached hydrogen (secondary N) is 2. The smallest absolute Gasteiger partial charge is 0.251 e. The number of carbonyl (C=O) groups excluding carboxylic acids is 2. The molecule has 4 rings (SSSR count). The predicted molar refractivity (Wildman–Crippen MR) is 141 cm³/mol. The van der Waals surface area contributed by atoms with E-state index in [0.29, 0.717) is 29.4 Å². The lowest BCUT2D eigenvalue weighted by atomic mass is 10.1. The lowest BCUT2D eigenvalue weighted by molar-refractivity contribution is -0.113. The van der Waals surface area contributed by atoms with E-state index in [9.17, 15) is 9.59 Å². The van der Waals surface area contributed by atoms with Crippen LogP contribution in [0.25, 0.3) is 10.9 Å². The van der Waals surface area contributed by atoms with Crippen LogP contribution in [0.3, 0.4) is 0 Å². The van der Waals surface area contributed by atoms with Crippen molar-refractivity contribution in [1.29, 1.82) is 0 Å². The highest BCUT2D eigenvalue weighted by molar-refractivity contribution is 8.00. The molecule has 0 unspecified atom stereocenters. The molecule has 3 aromatic carbocycles. The van der Waals surface area contributed by atoms with E-state index in [4.69, 9.17) is 11.6 Å². The first-order valence-electron chi connectivity index (χ1n) is 11.0. The third-order valence-corrected chi connectivity index (χ3v) is 6.62. The highest BCUT2D eigenvalue weighted by Crippen LogP contribution is 2.30. The highest BCUT2D eigenvalue weighted by Gasteiger charge is 2.12. The SMILES string of the molecule is Cc1cc(C)cc(C(=O)NCCn2cc(SCC(=O)Nc3cccc(Cl)c3)c3ccccc32)c1. The van der Waals surface area contributed by atoms with Crippen LogP contribution in [-0.2, 0) is 11.3 Å². The molecule has 4 aromatic rings. The molecule has 0 atom stereocenters. The second-order valence-corrected chi connectivity index (χ2v) is 9.64. The molecular formula is C27H26ClN3O2S. The molecular weight excluding hydrogens is 466 g/mol. The number of anilines is 1. The number of hydrogen-bond donors (Lipinski definition) is 2. The fourth-order valence-electron chi connectivity index (χ4n) is 3.92. The minimum atomic E-state index is -0.0928.